The van der Waals surface area contributed by atoms with Crippen LogP contribution < -0.4 is 0 Å². The van der Waals surface area contributed by atoms with Gasteiger partial charge in [-0.25, -0.2) is 11.4 Å². The van der Waals surface area contributed by atoms with E-state index in [1.807, 2.05) is 0 Å². The molecule has 0 saturated carbocycles. The van der Waals surface area contributed by atoms with Crippen molar-refractivity contribution in [2.45, 2.75) is 69.3 Å². The molecule has 0 radical (unpaired) electrons. The maximum Gasteiger partial charge on any atom is 0.362 e. The van der Waals surface area contributed by atoms with Crippen molar-refractivity contribution < 1.29 is 29.0 Å². The Bertz CT molecular complexity index is 678. The molecule has 0 aromatic rings. The Morgan fingerprint density at radius 3 is 2.42 bits per heavy atom. The van der Waals surface area contributed by atoms with Crippen molar-refractivity contribution in [1.82, 2.24) is 4.90 Å². The lowest BCUT2D eigenvalue weighted by Gasteiger charge is -2.45. The van der Waals surface area contributed by atoms with Gasteiger partial charge >= 0.3 is 23.4 Å². The molecule has 144 valence electrons. The number of ether oxygens (including phenoxy) is 2. The van der Waals surface area contributed by atoms with Crippen LogP contribution in [0.5, 0.6) is 0 Å². The van der Waals surface area contributed by atoms with Gasteiger partial charge in [0.25, 0.3) is 0 Å². The molecule has 2 saturated heterocycles. The summed E-state index contributed by atoms with van der Waals surface area (Å²) in [6.45, 7) is 16.8. The number of aliphatic hydroxyl groups excluding tert-OH is 1. The highest BCUT2D eigenvalue weighted by atomic mass is 32.2. The van der Waals surface area contributed by atoms with E-state index in [0.717, 1.165) is 0 Å². The Hall–Kier alpha value is -1.79. The highest BCUT2D eigenvalue weighted by Crippen LogP contribution is 2.57. The summed E-state index contributed by atoms with van der Waals surface area (Å²) in [5.41, 5.74) is -2.30. The van der Waals surface area contributed by atoms with E-state index in [-0.39, 0.29) is 0 Å². The first-order valence-electron chi connectivity index (χ1n) is 8.22. The molecule has 26 heavy (non-hydrogen) atoms. The molecule has 2 heterocycles. The maximum absolute atomic E-state index is 12.6. The molecule has 0 aliphatic carbocycles. The number of carbonyl (C=O) groups is 3. The molecule has 0 aromatic heterocycles. The first-order valence-corrected chi connectivity index (χ1v) is 9.09. The second kappa shape index (κ2) is 6.43. The zero-order valence-corrected chi connectivity index (χ0v) is 16.5. The van der Waals surface area contributed by atoms with Crippen LogP contribution in [-0.2, 0) is 23.9 Å². The predicted octanol–water partition coefficient (Wildman–Crippen LogP) is 1.18. The largest absolute Gasteiger partial charge is 0.427 e. The molecule has 8 nitrogen and oxygen atoms in total. The predicted molar refractivity (Wildman–Crippen MR) is 93.6 cm³/mol. The van der Waals surface area contributed by atoms with Gasteiger partial charge in [0.2, 0.25) is 6.79 Å². The standard InChI is InChI=1S/C17H24N2O6S/c1-9(20)17(18-7)12(22)19-10(16(5,6)26-13(17)19)11(21)24-8-25-14(23)15(2,3)4/h9-10,13,20H,8H2,1-6H3/t9?,10-,13+,17+/m0/s1. The average Bonchev–Trinajstić information content (AvgIpc) is 2.75. The van der Waals surface area contributed by atoms with Gasteiger partial charge in [0, 0.05) is 4.75 Å². The van der Waals surface area contributed by atoms with Crippen molar-refractivity contribution in [2.75, 3.05) is 6.79 Å². The van der Waals surface area contributed by atoms with Gasteiger partial charge in [0.15, 0.2) is 5.37 Å². The van der Waals surface area contributed by atoms with Gasteiger partial charge in [0.1, 0.15) is 12.1 Å². The van der Waals surface area contributed by atoms with Crippen LogP contribution in [0.4, 0.5) is 0 Å². The van der Waals surface area contributed by atoms with Crippen molar-refractivity contribution in [2.24, 2.45) is 5.41 Å². The van der Waals surface area contributed by atoms with Gasteiger partial charge < -0.3 is 14.6 Å². The van der Waals surface area contributed by atoms with Crippen molar-refractivity contribution in [1.29, 1.82) is 0 Å². The molecule has 2 rings (SSSR count). The molecule has 1 unspecified atom stereocenters. The van der Waals surface area contributed by atoms with Crippen LogP contribution in [0.15, 0.2) is 0 Å². The van der Waals surface area contributed by atoms with E-state index in [9.17, 15) is 19.5 Å². The molecular formula is C17H24N2O6S. The van der Waals surface area contributed by atoms with Gasteiger partial charge in [-0.05, 0) is 41.5 Å². The van der Waals surface area contributed by atoms with Crippen LogP contribution in [0.1, 0.15) is 41.5 Å². The summed E-state index contributed by atoms with van der Waals surface area (Å²) < 4.78 is 9.28. The Balaban J connectivity index is 2.11. The topological polar surface area (TPSA) is 97.5 Å². The third-order valence-corrected chi connectivity index (χ3v) is 6.25. The number of aliphatic hydroxyl groups is 1. The van der Waals surface area contributed by atoms with Gasteiger partial charge in [-0.2, -0.15) is 0 Å². The number of rotatable bonds is 4. The molecule has 2 aliphatic heterocycles. The lowest BCUT2D eigenvalue weighted by Crippen LogP contribution is -2.75. The summed E-state index contributed by atoms with van der Waals surface area (Å²) in [5, 5.41) is 9.34. The summed E-state index contributed by atoms with van der Waals surface area (Å²) in [7, 11) is 0. The van der Waals surface area contributed by atoms with E-state index < -0.39 is 57.9 Å². The summed E-state index contributed by atoms with van der Waals surface area (Å²) in [6.07, 6.45) is -1.15. The fraction of sp³-hybridized carbons (Fsp3) is 0.765. The van der Waals surface area contributed by atoms with Crippen molar-refractivity contribution >= 4 is 29.6 Å². The smallest absolute Gasteiger partial charge is 0.362 e. The number of β-lactam (4-membered cyclic amide) rings is 1. The normalized spacial score (nSPS) is 30.7. The van der Waals surface area contributed by atoms with Crippen LogP contribution in [0, 0.1) is 12.0 Å². The van der Waals surface area contributed by atoms with E-state index >= 15 is 0 Å². The maximum atomic E-state index is 12.6. The molecular weight excluding hydrogens is 360 g/mol. The SMILES string of the molecule is [C-]#[N+][C@]1(C(C)O)C(=O)N2[C@@H](C(=O)OCOC(=O)C(C)(C)C)C(C)(C)S[C@@H]21. The van der Waals surface area contributed by atoms with Crippen LogP contribution >= 0.6 is 11.8 Å². The molecule has 1 N–H and O–H groups in total. The van der Waals surface area contributed by atoms with Gasteiger partial charge in [-0.3, -0.25) is 19.3 Å². The highest BCUT2D eigenvalue weighted by Gasteiger charge is 2.79. The molecule has 0 spiro atoms. The Labute approximate surface area is 157 Å². The fourth-order valence-corrected chi connectivity index (χ4v) is 4.84. The van der Waals surface area contributed by atoms with E-state index in [1.54, 1.807) is 34.6 Å². The van der Waals surface area contributed by atoms with Gasteiger partial charge in [-0.1, -0.05) is 0 Å². The number of esters is 2. The monoisotopic (exact) mass is 384 g/mol. The van der Waals surface area contributed by atoms with Crippen LogP contribution in [-0.4, -0.2) is 62.5 Å². The molecule has 2 fully saturated rings. The number of hydrogen-bond donors (Lipinski definition) is 1. The van der Waals surface area contributed by atoms with Crippen LogP contribution in [0.3, 0.4) is 0 Å². The number of fused-ring (bicyclic) bond motifs is 1. The summed E-state index contributed by atoms with van der Waals surface area (Å²) in [6, 6.07) is -0.924. The van der Waals surface area contributed by atoms with Gasteiger partial charge in [0.05, 0.1) is 5.41 Å². The van der Waals surface area contributed by atoms with E-state index in [2.05, 4.69) is 4.85 Å². The van der Waals surface area contributed by atoms with Crippen molar-refractivity contribution in [3.63, 3.8) is 0 Å². The van der Waals surface area contributed by atoms with Crippen LogP contribution in [0.25, 0.3) is 4.85 Å². The van der Waals surface area contributed by atoms with Crippen LogP contribution in [0.2, 0.25) is 0 Å². The number of amides is 1. The second-order valence-electron chi connectivity index (χ2n) is 8.06. The zero-order chi connectivity index (χ0) is 20.1. The number of hydrogen-bond acceptors (Lipinski definition) is 7. The quantitative estimate of drug-likeness (QED) is 0.336. The molecule has 1 amide bonds. The molecule has 2 aliphatic rings. The van der Waals surface area contributed by atoms with E-state index in [4.69, 9.17) is 16.0 Å². The number of carbonyl (C=O) groups excluding carboxylic acids is 3. The molecule has 4 atom stereocenters. The Morgan fingerprint density at radius 2 is 1.96 bits per heavy atom. The molecule has 0 bridgehead atoms. The first kappa shape index (κ1) is 20.5. The lowest BCUT2D eigenvalue weighted by atomic mass is 9.81. The summed E-state index contributed by atoms with van der Waals surface area (Å²) in [4.78, 5) is 41.5. The van der Waals surface area contributed by atoms with Gasteiger partial charge in [-0.15, -0.1) is 11.8 Å². The molecule has 9 heteroatoms. The van der Waals surface area contributed by atoms with E-state index in [0.29, 0.717) is 0 Å². The second-order valence-corrected chi connectivity index (χ2v) is 9.80. The Morgan fingerprint density at radius 1 is 1.38 bits per heavy atom. The minimum atomic E-state index is -1.57. The minimum Gasteiger partial charge on any atom is -0.427 e. The summed E-state index contributed by atoms with van der Waals surface area (Å²) in [5.74, 6) is -1.80. The highest BCUT2D eigenvalue weighted by molar-refractivity contribution is 8.01. The third-order valence-electron chi connectivity index (χ3n) is 4.61. The average molecular weight is 384 g/mol. The summed E-state index contributed by atoms with van der Waals surface area (Å²) >= 11 is 1.28. The van der Waals surface area contributed by atoms with E-state index in [1.165, 1.54) is 23.6 Å². The lowest BCUT2D eigenvalue weighted by molar-refractivity contribution is -0.182. The first-order chi connectivity index (χ1) is 11.8. The number of thioether (sulfide) groups is 1. The Kier molecular flexibility index (Phi) is 5.07. The number of nitrogens with zero attached hydrogens (tertiary/aromatic N) is 2. The fourth-order valence-electron chi connectivity index (χ4n) is 3.07. The minimum absolute atomic E-state index is 0.510. The molecule has 0 aromatic carbocycles. The zero-order valence-electron chi connectivity index (χ0n) is 15.7. The van der Waals surface area contributed by atoms with Crippen molar-refractivity contribution in [3.8, 4) is 0 Å². The third kappa shape index (κ3) is 2.95. The van der Waals surface area contributed by atoms with Crippen molar-refractivity contribution in [3.05, 3.63) is 11.4 Å².